The molecule has 0 radical (unpaired) electrons. The third kappa shape index (κ3) is 2.14. The summed E-state index contributed by atoms with van der Waals surface area (Å²) in [6.45, 7) is 1.93. The lowest BCUT2D eigenvalue weighted by Gasteiger charge is -2.10. The van der Waals surface area contributed by atoms with E-state index in [0.717, 1.165) is 38.6 Å². The number of aromatic carboxylic acids is 1. The van der Waals surface area contributed by atoms with Crippen molar-refractivity contribution in [3.63, 3.8) is 0 Å². The highest BCUT2D eigenvalue weighted by molar-refractivity contribution is 6.05. The number of benzene rings is 2. The van der Waals surface area contributed by atoms with Crippen molar-refractivity contribution in [1.29, 1.82) is 0 Å². The highest BCUT2D eigenvalue weighted by Crippen LogP contribution is 2.33. The van der Waals surface area contributed by atoms with Gasteiger partial charge in [0.05, 0.1) is 22.8 Å². The number of aryl methyl sites for hydroxylation is 1. The minimum atomic E-state index is -0.944. The third-order valence-electron chi connectivity index (χ3n) is 3.96. The van der Waals surface area contributed by atoms with Crippen LogP contribution >= 0.6 is 0 Å². The number of aromatic amines is 1. The van der Waals surface area contributed by atoms with Crippen molar-refractivity contribution in [1.82, 2.24) is 15.2 Å². The van der Waals surface area contributed by atoms with E-state index in [9.17, 15) is 9.90 Å². The summed E-state index contributed by atoms with van der Waals surface area (Å²) in [6.07, 6.45) is 1.79. The molecule has 0 aliphatic heterocycles. The Morgan fingerprint density at radius 1 is 1.09 bits per heavy atom. The van der Waals surface area contributed by atoms with Crippen LogP contribution in [-0.2, 0) is 0 Å². The Morgan fingerprint density at radius 2 is 1.96 bits per heavy atom. The van der Waals surface area contributed by atoms with Crippen molar-refractivity contribution in [3.8, 4) is 11.1 Å². The second-order valence-corrected chi connectivity index (χ2v) is 5.49. The summed E-state index contributed by atoms with van der Waals surface area (Å²) in [6, 6.07) is 12.9. The zero-order valence-electron chi connectivity index (χ0n) is 12.4. The average molecular weight is 303 g/mol. The largest absolute Gasteiger partial charge is 0.478 e. The van der Waals surface area contributed by atoms with E-state index in [1.165, 1.54) is 0 Å². The highest BCUT2D eigenvalue weighted by atomic mass is 16.4. The van der Waals surface area contributed by atoms with Gasteiger partial charge in [-0.05, 0) is 48.4 Å². The van der Waals surface area contributed by atoms with Gasteiger partial charge in [0, 0.05) is 16.5 Å². The lowest BCUT2D eigenvalue weighted by Crippen LogP contribution is -1.97. The van der Waals surface area contributed by atoms with Gasteiger partial charge in [-0.2, -0.15) is 5.10 Å². The molecule has 0 aliphatic carbocycles. The molecule has 4 rings (SSSR count). The number of nitrogens with one attached hydrogen (secondary N) is 1. The molecule has 2 aromatic carbocycles. The molecule has 5 nitrogen and oxygen atoms in total. The van der Waals surface area contributed by atoms with Gasteiger partial charge in [-0.15, -0.1) is 0 Å². The SMILES string of the molecule is Cc1cc(-c2cccc3[nH]ncc23)c2cc(C(=O)O)ccc2n1. The molecule has 2 N–H and O–H groups in total. The monoisotopic (exact) mass is 303 g/mol. The first kappa shape index (κ1) is 13.5. The molecule has 0 unspecified atom stereocenters. The molecule has 112 valence electrons. The van der Waals surface area contributed by atoms with E-state index in [0.29, 0.717) is 0 Å². The maximum absolute atomic E-state index is 11.3. The number of carboxylic acids is 1. The molecular weight excluding hydrogens is 290 g/mol. The van der Waals surface area contributed by atoms with E-state index < -0.39 is 5.97 Å². The van der Waals surface area contributed by atoms with Gasteiger partial charge in [0.15, 0.2) is 0 Å². The number of nitrogens with zero attached hydrogens (tertiary/aromatic N) is 2. The van der Waals surface area contributed by atoms with Crippen molar-refractivity contribution >= 4 is 27.8 Å². The Morgan fingerprint density at radius 3 is 2.78 bits per heavy atom. The van der Waals surface area contributed by atoms with Crippen molar-refractivity contribution in [3.05, 3.63) is 59.9 Å². The van der Waals surface area contributed by atoms with Crippen LogP contribution in [0.1, 0.15) is 16.1 Å². The van der Waals surface area contributed by atoms with Gasteiger partial charge in [-0.25, -0.2) is 4.79 Å². The summed E-state index contributed by atoms with van der Waals surface area (Å²) in [5, 5.41) is 18.2. The van der Waals surface area contributed by atoms with Crippen LogP contribution in [0.2, 0.25) is 0 Å². The minimum absolute atomic E-state index is 0.253. The smallest absolute Gasteiger partial charge is 0.335 e. The minimum Gasteiger partial charge on any atom is -0.478 e. The van der Waals surface area contributed by atoms with Crippen molar-refractivity contribution in [2.45, 2.75) is 6.92 Å². The molecule has 0 saturated heterocycles. The summed E-state index contributed by atoms with van der Waals surface area (Å²) in [5.41, 5.74) is 4.83. The maximum Gasteiger partial charge on any atom is 0.335 e. The molecule has 2 aromatic heterocycles. The Balaban J connectivity index is 2.11. The number of pyridine rings is 1. The summed E-state index contributed by atoms with van der Waals surface area (Å²) < 4.78 is 0. The lowest BCUT2D eigenvalue weighted by molar-refractivity contribution is 0.0697. The van der Waals surface area contributed by atoms with Gasteiger partial charge in [-0.3, -0.25) is 10.1 Å². The number of rotatable bonds is 2. The number of aromatic nitrogens is 3. The van der Waals surface area contributed by atoms with Gasteiger partial charge in [0.1, 0.15) is 0 Å². The van der Waals surface area contributed by atoms with E-state index in [1.807, 2.05) is 31.2 Å². The number of hydrogen-bond acceptors (Lipinski definition) is 3. The fourth-order valence-corrected chi connectivity index (χ4v) is 2.92. The van der Waals surface area contributed by atoms with E-state index in [-0.39, 0.29) is 5.56 Å². The van der Waals surface area contributed by atoms with Gasteiger partial charge in [0.2, 0.25) is 0 Å². The molecule has 0 spiro atoms. The van der Waals surface area contributed by atoms with Gasteiger partial charge < -0.3 is 5.11 Å². The Hall–Kier alpha value is -3.21. The molecule has 23 heavy (non-hydrogen) atoms. The third-order valence-corrected chi connectivity index (χ3v) is 3.96. The summed E-state index contributed by atoms with van der Waals surface area (Å²) in [4.78, 5) is 15.8. The second-order valence-electron chi connectivity index (χ2n) is 5.49. The quantitative estimate of drug-likeness (QED) is 0.590. The van der Waals surface area contributed by atoms with E-state index in [2.05, 4.69) is 15.2 Å². The van der Waals surface area contributed by atoms with Crippen molar-refractivity contribution in [2.24, 2.45) is 0 Å². The second kappa shape index (κ2) is 4.91. The fourth-order valence-electron chi connectivity index (χ4n) is 2.92. The summed E-state index contributed by atoms with van der Waals surface area (Å²) in [7, 11) is 0. The van der Waals surface area contributed by atoms with Crippen LogP contribution in [0.4, 0.5) is 0 Å². The molecule has 5 heteroatoms. The Labute approximate surface area is 131 Å². The topological polar surface area (TPSA) is 78.9 Å². The molecule has 4 aromatic rings. The molecule has 0 atom stereocenters. The van der Waals surface area contributed by atoms with E-state index in [4.69, 9.17) is 0 Å². The van der Waals surface area contributed by atoms with Gasteiger partial charge in [0.25, 0.3) is 0 Å². The molecular formula is C18H13N3O2. The number of carbonyl (C=O) groups is 1. The van der Waals surface area contributed by atoms with Crippen LogP contribution in [0.3, 0.4) is 0 Å². The molecule has 0 amide bonds. The summed E-state index contributed by atoms with van der Waals surface area (Å²) >= 11 is 0. The van der Waals surface area contributed by atoms with Crippen LogP contribution in [-0.4, -0.2) is 26.3 Å². The fraction of sp³-hybridized carbons (Fsp3) is 0.0556. The number of fused-ring (bicyclic) bond motifs is 2. The predicted molar refractivity (Wildman–Crippen MR) is 88.5 cm³/mol. The summed E-state index contributed by atoms with van der Waals surface area (Å²) in [5.74, 6) is -0.944. The lowest BCUT2D eigenvalue weighted by atomic mass is 9.96. The van der Waals surface area contributed by atoms with Crippen LogP contribution in [0.5, 0.6) is 0 Å². The first-order valence-electron chi connectivity index (χ1n) is 7.20. The Kier molecular flexibility index (Phi) is 2.87. The maximum atomic E-state index is 11.3. The molecule has 0 aliphatic rings. The van der Waals surface area contributed by atoms with Crippen molar-refractivity contribution in [2.75, 3.05) is 0 Å². The Bertz CT molecular complexity index is 1070. The zero-order valence-corrected chi connectivity index (χ0v) is 12.4. The average Bonchev–Trinajstić information content (AvgIpc) is 3.02. The van der Waals surface area contributed by atoms with E-state index in [1.54, 1.807) is 24.4 Å². The number of carboxylic acid groups (broad SMARTS) is 1. The first-order chi connectivity index (χ1) is 11.1. The van der Waals surface area contributed by atoms with Gasteiger partial charge in [-0.1, -0.05) is 12.1 Å². The number of hydrogen-bond donors (Lipinski definition) is 2. The molecule has 0 saturated carbocycles. The highest BCUT2D eigenvalue weighted by Gasteiger charge is 2.12. The molecule has 0 fully saturated rings. The molecule has 0 bridgehead atoms. The zero-order chi connectivity index (χ0) is 16.0. The van der Waals surface area contributed by atoms with Crippen LogP contribution in [0.25, 0.3) is 32.9 Å². The normalized spacial score (nSPS) is 11.2. The number of H-pyrrole nitrogens is 1. The predicted octanol–water partition coefficient (Wildman–Crippen LogP) is 3.78. The van der Waals surface area contributed by atoms with Crippen LogP contribution in [0, 0.1) is 6.92 Å². The van der Waals surface area contributed by atoms with E-state index >= 15 is 0 Å². The van der Waals surface area contributed by atoms with Crippen LogP contribution < -0.4 is 0 Å². The van der Waals surface area contributed by atoms with Gasteiger partial charge >= 0.3 is 5.97 Å². The molecule has 2 heterocycles. The van der Waals surface area contributed by atoms with Crippen LogP contribution in [0.15, 0.2) is 48.7 Å². The standard InChI is InChI=1S/C18H13N3O2/c1-10-7-13(12-3-2-4-17-15(12)9-19-21-17)14-8-11(18(22)23)5-6-16(14)20-10/h2-9H,1H3,(H,19,21)(H,22,23). The first-order valence-corrected chi connectivity index (χ1v) is 7.20. The van der Waals surface area contributed by atoms with Crippen molar-refractivity contribution < 1.29 is 9.90 Å².